The number of para-hydroxylation sites is 1. The van der Waals surface area contributed by atoms with Gasteiger partial charge in [0.15, 0.2) is 5.78 Å². The van der Waals surface area contributed by atoms with Crippen molar-refractivity contribution in [2.75, 3.05) is 0 Å². The smallest absolute Gasteiger partial charge is 0.186 e. The average molecular weight is 212 g/mol. The van der Waals surface area contributed by atoms with Crippen LogP contribution in [0.4, 0.5) is 0 Å². The van der Waals surface area contributed by atoms with Crippen LogP contribution in [0.1, 0.15) is 16.9 Å². The molecule has 16 heavy (non-hydrogen) atoms. The van der Waals surface area contributed by atoms with Gasteiger partial charge in [-0.15, -0.1) is 6.58 Å². The van der Waals surface area contributed by atoms with Crippen LogP contribution in [-0.2, 0) is 0 Å². The predicted octanol–water partition coefficient (Wildman–Crippen LogP) is 2.63. The third-order valence-electron chi connectivity index (χ3n) is 2.23. The van der Waals surface area contributed by atoms with Gasteiger partial charge >= 0.3 is 0 Å². The zero-order valence-electron chi connectivity index (χ0n) is 8.84. The van der Waals surface area contributed by atoms with E-state index in [0.717, 1.165) is 5.69 Å². The fraction of sp³-hybridized carbons (Fsp3) is 0.0769. The summed E-state index contributed by atoms with van der Waals surface area (Å²) in [4.78, 5) is 11.5. The highest BCUT2D eigenvalue weighted by Gasteiger charge is 2.07. The van der Waals surface area contributed by atoms with Crippen LogP contribution in [0.5, 0.6) is 0 Å². The van der Waals surface area contributed by atoms with Crippen molar-refractivity contribution < 1.29 is 4.79 Å². The summed E-state index contributed by atoms with van der Waals surface area (Å²) in [6, 6.07) is 11.4. The number of benzene rings is 1. The van der Waals surface area contributed by atoms with E-state index in [1.54, 1.807) is 23.0 Å². The van der Waals surface area contributed by atoms with E-state index in [1.807, 2.05) is 30.3 Å². The van der Waals surface area contributed by atoms with E-state index in [4.69, 9.17) is 0 Å². The van der Waals surface area contributed by atoms with Crippen molar-refractivity contribution >= 4 is 5.78 Å². The van der Waals surface area contributed by atoms with Gasteiger partial charge in [-0.2, -0.15) is 5.10 Å². The van der Waals surface area contributed by atoms with Crippen LogP contribution in [0, 0.1) is 0 Å². The minimum atomic E-state index is -0.00955. The molecule has 0 saturated heterocycles. The van der Waals surface area contributed by atoms with Crippen molar-refractivity contribution in [1.29, 1.82) is 0 Å². The van der Waals surface area contributed by atoms with E-state index in [2.05, 4.69) is 11.7 Å². The second-order valence-corrected chi connectivity index (χ2v) is 3.40. The number of rotatable bonds is 4. The van der Waals surface area contributed by atoms with E-state index in [-0.39, 0.29) is 5.78 Å². The molecule has 0 aliphatic rings. The third kappa shape index (κ3) is 2.08. The minimum absolute atomic E-state index is 0.00955. The maximum absolute atomic E-state index is 11.5. The lowest BCUT2D eigenvalue weighted by Crippen LogP contribution is -2.01. The molecule has 2 rings (SSSR count). The van der Waals surface area contributed by atoms with Gasteiger partial charge in [0.05, 0.1) is 5.69 Å². The third-order valence-corrected chi connectivity index (χ3v) is 2.23. The topological polar surface area (TPSA) is 34.9 Å². The fourth-order valence-corrected chi connectivity index (χ4v) is 1.43. The summed E-state index contributed by atoms with van der Waals surface area (Å²) in [5, 5.41) is 4.22. The molecule has 0 aliphatic carbocycles. The van der Waals surface area contributed by atoms with Crippen LogP contribution in [0.15, 0.2) is 55.3 Å². The van der Waals surface area contributed by atoms with Crippen LogP contribution in [0.2, 0.25) is 0 Å². The zero-order chi connectivity index (χ0) is 11.4. The maximum atomic E-state index is 11.5. The lowest BCUT2D eigenvalue weighted by molar-refractivity contribution is 0.0991. The summed E-state index contributed by atoms with van der Waals surface area (Å²) in [7, 11) is 0. The van der Waals surface area contributed by atoms with Crippen LogP contribution in [-0.4, -0.2) is 15.6 Å². The quantitative estimate of drug-likeness (QED) is 0.576. The molecule has 0 spiro atoms. The van der Waals surface area contributed by atoms with Gasteiger partial charge < -0.3 is 0 Å². The van der Waals surface area contributed by atoms with Crippen LogP contribution >= 0.6 is 0 Å². The molecule has 0 unspecified atom stereocenters. The zero-order valence-corrected chi connectivity index (χ0v) is 8.84. The Morgan fingerprint density at radius 2 is 2.06 bits per heavy atom. The summed E-state index contributed by atoms with van der Waals surface area (Å²) in [5.41, 5.74) is 1.42. The molecule has 0 amide bonds. The summed E-state index contributed by atoms with van der Waals surface area (Å²) in [5.74, 6) is -0.00955. The molecule has 0 saturated carbocycles. The Morgan fingerprint density at radius 3 is 2.75 bits per heavy atom. The summed E-state index contributed by atoms with van der Waals surface area (Å²) >= 11 is 0. The number of allylic oxidation sites excluding steroid dienone is 1. The molecular weight excluding hydrogens is 200 g/mol. The summed E-state index contributed by atoms with van der Waals surface area (Å²) in [6.07, 6.45) is 3.70. The molecule has 2 aromatic rings. The summed E-state index contributed by atoms with van der Waals surface area (Å²) < 4.78 is 1.69. The second kappa shape index (κ2) is 4.57. The van der Waals surface area contributed by atoms with E-state index >= 15 is 0 Å². The maximum Gasteiger partial charge on any atom is 0.186 e. The SMILES string of the molecule is C=CCC(=O)c1ccn(-c2ccccc2)n1. The second-order valence-electron chi connectivity index (χ2n) is 3.40. The van der Waals surface area contributed by atoms with Crippen LogP contribution < -0.4 is 0 Å². The van der Waals surface area contributed by atoms with Crippen molar-refractivity contribution in [3.63, 3.8) is 0 Å². The van der Waals surface area contributed by atoms with E-state index < -0.39 is 0 Å². The molecule has 0 aliphatic heterocycles. The number of carbonyl (C=O) groups is 1. The van der Waals surface area contributed by atoms with Gasteiger partial charge in [-0.25, -0.2) is 4.68 Å². The van der Waals surface area contributed by atoms with Gasteiger partial charge in [-0.05, 0) is 18.2 Å². The Bertz CT molecular complexity index is 500. The Morgan fingerprint density at radius 1 is 1.31 bits per heavy atom. The number of ketones is 1. The highest BCUT2D eigenvalue weighted by atomic mass is 16.1. The monoisotopic (exact) mass is 212 g/mol. The predicted molar refractivity (Wildman–Crippen MR) is 62.7 cm³/mol. The number of hydrogen-bond donors (Lipinski definition) is 0. The van der Waals surface area contributed by atoms with Gasteiger partial charge in [0, 0.05) is 12.6 Å². The van der Waals surface area contributed by atoms with Crippen molar-refractivity contribution in [2.45, 2.75) is 6.42 Å². The average Bonchev–Trinajstić information content (AvgIpc) is 2.80. The molecule has 3 heteroatoms. The van der Waals surface area contributed by atoms with Crippen molar-refractivity contribution in [2.24, 2.45) is 0 Å². The lowest BCUT2D eigenvalue weighted by atomic mass is 10.2. The van der Waals surface area contributed by atoms with Crippen LogP contribution in [0.25, 0.3) is 5.69 Å². The molecule has 0 fully saturated rings. The number of aromatic nitrogens is 2. The van der Waals surface area contributed by atoms with E-state index in [0.29, 0.717) is 12.1 Å². The number of carbonyl (C=O) groups excluding carboxylic acids is 1. The number of Topliss-reactive ketones (excluding diaryl/α,β-unsaturated/α-hetero) is 1. The molecule has 0 radical (unpaired) electrons. The number of nitrogens with zero attached hydrogens (tertiary/aromatic N) is 2. The first kappa shape index (κ1) is 10.4. The first-order valence-electron chi connectivity index (χ1n) is 5.06. The van der Waals surface area contributed by atoms with E-state index in [1.165, 1.54) is 0 Å². The molecule has 80 valence electrons. The number of hydrogen-bond acceptors (Lipinski definition) is 2. The first-order valence-corrected chi connectivity index (χ1v) is 5.06. The highest BCUT2D eigenvalue weighted by molar-refractivity contribution is 5.95. The standard InChI is InChI=1S/C13H12N2O/c1-2-6-13(16)12-9-10-15(14-12)11-7-4-3-5-8-11/h2-5,7-10H,1,6H2. The first-order chi connectivity index (χ1) is 7.81. The van der Waals surface area contributed by atoms with Gasteiger partial charge in [-0.1, -0.05) is 24.3 Å². The molecule has 0 N–H and O–H groups in total. The van der Waals surface area contributed by atoms with Gasteiger partial charge in [0.1, 0.15) is 5.69 Å². The Labute approximate surface area is 94.0 Å². The largest absolute Gasteiger partial charge is 0.292 e. The van der Waals surface area contributed by atoms with Gasteiger partial charge in [-0.3, -0.25) is 4.79 Å². The highest BCUT2D eigenvalue weighted by Crippen LogP contribution is 2.08. The molecule has 0 bridgehead atoms. The summed E-state index contributed by atoms with van der Waals surface area (Å²) in [6.45, 7) is 3.54. The molecule has 0 atom stereocenters. The Balaban J connectivity index is 2.26. The fourth-order valence-electron chi connectivity index (χ4n) is 1.43. The molecular formula is C13H12N2O. The van der Waals surface area contributed by atoms with Crippen molar-refractivity contribution in [1.82, 2.24) is 9.78 Å². The molecule has 3 nitrogen and oxygen atoms in total. The van der Waals surface area contributed by atoms with E-state index in [9.17, 15) is 4.79 Å². The van der Waals surface area contributed by atoms with Crippen molar-refractivity contribution in [3.05, 3.63) is 60.9 Å². The van der Waals surface area contributed by atoms with Gasteiger partial charge in [0.25, 0.3) is 0 Å². The molecule has 1 heterocycles. The Hall–Kier alpha value is -2.16. The van der Waals surface area contributed by atoms with Crippen LogP contribution in [0.3, 0.4) is 0 Å². The Kier molecular flexibility index (Phi) is 2.96. The van der Waals surface area contributed by atoms with Gasteiger partial charge in [0.2, 0.25) is 0 Å². The molecule has 1 aromatic heterocycles. The molecule has 1 aromatic carbocycles. The minimum Gasteiger partial charge on any atom is -0.292 e. The normalized spacial score (nSPS) is 10.0. The van der Waals surface area contributed by atoms with Crippen molar-refractivity contribution in [3.8, 4) is 5.69 Å². The lowest BCUT2D eigenvalue weighted by Gasteiger charge is -1.99.